The number of hydroxylamine groups is 2. The van der Waals surface area contributed by atoms with E-state index in [9.17, 15) is 4.79 Å². The van der Waals surface area contributed by atoms with Gasteiger partial charge in [0.25, 0.3) is 0 Å². The monoisotopic (exact) mass is 526 g/mol. The SMILES string of the molecule is CC(CCNC=NCOCCCCC(C)(C)C(C)(C)OCN(C)OC(=O)NCCC(C)N1CC1)N1CC1. The van der Waals surface area contributed by atoms with Crippen LogP contribution in [0.4, 0.5) is 4.79 Å². The number of ether oxygens (including phenoxy) is 2. The third kappa shape index (κ3) is 13.2. The van der Waals surface area contributed by atoms with Crippen molar-refractivity contribution in [2.75, 3.05) is 66.4 Å². The lowest BCUT2D eigenvalue weighted by atomic mass is 9.73. The summed E-state index contributed by atoms with van der Waals surface area (Å²) in [7, 11) is 1.71. The lowest BCUT2D eigenvalue weighted by Crippen LogP contribution is -2.44. The number of nitrogens with zero attached hydrogens (tertiary/aromatic N) is 4. The van der Waals surface area contributed by atoms with E-state index in [4.69, 9.17) is 14.3 Å². The standard InChI is InChI=1S/C27H54N6O4/c1-23(32-15-16-32)10-13-28-20-29-21-35-19-9-8-12-26(3,4)27(5,6)36-22-31(7)37-25(34)30-14-11-24(2)33-17-18-33/h20,23-24H,8-19,21-22H2,1-7H3,(H,28,29)(H,30,34). The molecule has 0 saturated carbocycles. The average molecular weight is 527 g/mol. The molecule has 10 heteroatoms. The van der Waals surface area contributed by atoms with Gasteiger partial charge in [0, 0.05) is 65.0 Å². The van der Waals surface area contributed by atoms with Gasteiger partial charge in [-0.05, 0) is 58.8 Å². The molecule has 2 fully saturated rings. The largest absolute Gasteiger partial charge is 0.426 e. The van der Waals surface area contributed by atoms with Crippen LogP contribution in [0.5, 0.6) is 0 Å². The smallest absolute Gasteiger partial charge is 0.376 e. The van der Waals surface area contributed by atoms with E-state index >= 15 is 0 Å². The molecule has 2 unspecified atom stereocenters. The van der Waals surface area contributed by atoms with E-state index in [0.29, 0.717) is 32.0 Å². The third-order valence-electron chi connectivity index (χ3n) is 7.91. The molecule has 0 aromatic heterocycles. The Kier molecular flexibility index (Phi) is 13.6. The van der Waals surface area contributed by atoms with Gasteiger partial charge in [0.05, 0.1) is 11.9 Å². The van der Waals surface area contributed by atoms with E-state index in [1.807, 2.05) is 0 Å². The number of hydrogen-bond donors (Lipinski definition) is 2. The summed E-state index contributed by atoms with van der Waals surface area (Å²) in [5, 5.41) is 7.49. The number of aliphatic imine (C=N–C) groups is 1. The Morgan fingerprint density at radius 3 is 2.27 bits per heavy atom. The number of amides is 1. The number of unbranched alkanes of at least 4 members (excludes halogenated alkanes) is 1. The van der Waals surface area contributed by atoms with E-state index in [-0.39, 0.29) is 17.7 Å². The van der Waals surface area contributed by atoms with Crippen LogP contribution in [-0.2, 0) is 14.3 Å². The van der Waals surface area contributed by atoms with E-state index in [2.05, 4.69) is 67.0 Å². The summed E-state index contributed by atoms with van der Waals surface area (Å²) in [4.78, 5) is 26.5. The predicted octanol–water partition coefficient (Wildman–Crippen LogP) is 3.29. The van der Waals surface area contributed by atoms with E-state index in [1.54, 1.807) is 13.4 Å². The van der Waals surface area contributed by atoms with Crippen molar-refractivity contribution in [3.63, 3.8) is 0 Å². The summed E-state index contributed by atoms with van der Waals surface area (Å²) < 4.78 is 11.8. The number of hydrogen-bond acceptors (Lipinski definition) is 8. The minimum Gasteiger partial charge on any atom is -0.376 e. The van der Waals surface area contributed by atoms with E-state index in [0.717, 1.165) is 51.7 Å². The molecule has 10 nitrogen and oxygen atoms in total. The van der Waals surface area contributed by atoms with Crippen LogP contribution in [0.25, 0.3) is 0 Å². The molecule has 0 radical (unpaired) electrons. The highest BCUT2D eigenvalue weighted by molar-refractivity contribution is 5.66. The highest BCUT2D eigenvalue weighted by Crippen LogP contribution is 2.38. The molecule has 2 N–H and O–H groups in total. The van der Waals surface area contributed by atoms with Crippen molar-refractivity contribution in [2.45, 2.75) is 91.3 Å². The number of nitrogens with one attached hydrogen (secondary N) is 2. The zero-order valence-corrected chi connectivity index (χ0v) is 24.6. The van der Waals surface area contributed by atoms with Crippen molar-refractivity contribution in [2.24, 2.45) is 10.4 Å². The molecule has 1 amide bonds. The second-order valence-electron chi connectivity index (χ2n) is 11.7. The van der Waals surface area contributed by atoms with Crippen molar-refractivity contribution in [1.82, 2.24) is 25.5 Å². The summed E-state index contributed by atoms with van der Waals surface area (Å²) in [6.07, 6.45) is 6.41. The fraction of sp³-hybridized carbons (Fsp3) is 0.926. The van der Waals surface area contributed by atoms with E-state index in [1.165, 1.54) is 18.2 Å². The fourth-order valence-corrected chi connectivity index (χ4v) is 4.04. The van der Waals surface area contributed by atoms with Crippen LogP contribution in [0.2, 0.25) is 0 Å². The zero-order chi connectivity index (χ0) is 27.3. The minimum atomic E-state index is -0.442. The molecule has 0 aliphatic carbocycles. The summed E-state index contributed by atoms with van der Waals surface area (Å²) in [5.41, 5.74) is -0.444. The summed E-state index contributed by atoms with van der Waals surface area (Å²) in [5.74, 6) is 0. The molecule has 2 saturated heterocycles. The quantitative estimate of drug-likeness (QED) is 0.0588. The van der Waals surface area contributed by atoms with Gasteiger partial charge in [-0.25, -0.2) is 9.79 Å². The van der Waals surface area contributed by atoms with Crippen LogP contribution in [0.3, 0.4) is 0 Å². The Morgan fingerprint density at radius 2 is 1.65 bits per heavy atom. The normalized spacial score (nSPS) is 18.3. The second kappa shape index (κ2) is 15.8. The van der Waals surface area contributed by atoms with Gasteiger partial charge in [-0.1, -0.05) is 20.3 Å². The van der Waals surface area contributed by atoms with Crippen molar-refractivity contribution in [3.05, 3.63) is 0 Å². The molecule has 2 atom stereocenters. The van der Waals surface area contributed by atoms with Crippen LogP contribution in [0.1, 0.15) is 73.6 Å². The maximum Gasteiger partial charge on any atom is 0.426 e. The first kappa shape index (κ1) is 31.8. The first-order valence-electron chi connectivity index (χ1n) is 14.1. The van der Waals surface area contributed by atoms with Crippen molar-refractivity contribution in [3.8, 4) is 0 Å². The molecule has 2 aliphatic heterocycles. The van der Waals surface area contributed by atoms with Crippen LogP contribution in [0.15, 0.2) is 4.99 Å². The molecule has 0 aromatic rings. The highest BCUT2D eigenvalue weighted by atomic mass is 16.7. The molecule has 0 spiro atoms. The first-order chi connectivity index (χ1) is 17.5. The Labute approximate surface area is 225 Å². The van der Waals surface area contributed by atoms with E-state index < -0.39 is 6.09 Å². The summed E-state index contributed by atoms with van der Waals surface area (Å²) in [6, 6.07) is 1.16. The second-order valence-corrected chi connectivity index (χ2v) is 11.7. The van der Waals surface area contributed by atoms with Crippen molar-refractivity contribution in [1.29, 1.82) is 0 Å². The van der Waals surface area contributed by atoms with Gasteiger partial charge in [0.15, 0.2) is 0 Å². The maximum absolute atomic E-state index is 12.0. The topological polar surface area (TPSA) is 90.4 Å². The number of carbonyl (C=O) groups excluding carboxylic acids is 1. The molecule has 2 aliphatic rings. The van der Waals surface area contributed by atoms with Gasteiger partial charge < -0.3 is 24.9 Å². The lowest BCUT2D eigenvalue weighted by Gasteiger charge is -2.42. The molecule has 37 heavy (non-hydrogen) atoms. The van der Waals surface area contributed by atoms with Crippen LogP contribution in [0, 0.1) is 5.41 Å². The Balaban J connectivity index is 1.48. The van der Waals surface area contributed by atoms with Crippen LogP contribution < -0.4 is 10.6 Å². The highest BCUT2D eigenvalue weighted by Gasteiger charge is 2.37. The lowest BCUT2D eigenvalue weighted by molar-refractivity contribution is -0.203. The average Bonchev–Trinajstić information content (AvgIpc) is 3.73. The molecular weight excluding hydrogens is 472 g/mol. The van der Waals surface area contributed by atoms with Gasteiger partial charge in [-0.15, -0.1) is 5.06 Å². The zero-order valence-electron chi connectivity index (χ0n) is 24.6. The van der Waals surface area contributed by atoms with Gasteiger partial charge in [-0.3, -0.25) is 9.80 Å². The Morgan fingerprint density at radius 1 is 1.03 bits per heavy atom. The van der Waals surface area contributed by atoms with Gasteiger partial charge in [0.2, 0.25) is 0 Å². The molecule has 0 bridgehead atoms. The molecule has 216 valence electrons. The maximum atomic E-state index is 12.0. The molecule has 2 heterocycles. The third-order valence-corrected chi connectivity index (χ3v) is 7.91. The number of rotatable bonds is 21. The van der Waals surface area contributed by atoms with Gasteiger partial charge >= 0.3 is 6.09 Å². The fourth-order valence-electron chi connectivity index (χ4n) is 4.04. The predicted molar refractivity (Wildman–Crippen MR) is 149 cm³/mol. The van der Waals surface area contributed by atoms with Crippen molar-refractivity contribution < 1.29 is 19.1 Å². The molecule has 0 aromatic carbocycles. The Hall–Kier alpha value is -1.46. The first-order valence-corrected chi connectivity index (χ1v) is 14.1. The molecular formula is C27H54N6O4. The van der Waals surface area contributed by atoms with Crippen molar-refractivity contribution >= 4 is 12.4 Å². The summed E-state index contributed by atoms with van der Waals surface area (Å²) in [6.45, 7) is 20.7. The minimum absolute atomic E-state index is 0.0549. The molecule has 2 rings (SSSR count). The van der Waals surface area contributed by atoms with Crippen LogP contribution >= 0.6 is 0 Å². The van der Waals surface area contributed by atoms with Gasteiger partial charge in [0.1, 0.15) is 13.5 Å². The summed E-state index contributed by atoms with van der Waals surface area (Å²) >= 11 is 0. The van der Waals surface area contributed by atoms with Crippen LogP contribution in [-0.4, -0.2) is 111 Å². The van der Waals surface area contributed by atoms with Gasteiger partial charge in [-0.2, -0.15) is 0 Å². The Bertz CT molecular complexity index is 682. The number of carbonyl (C=O) groups is 1.